The van der Waals surface area contributed by atoms with Crippen LogP contribution in [0, 0.1) is 0 Å². The van der Waals surface area contributed by atoms with E-state index in [4.69, 9.17) is 9.84 Å². The van der Waals surface area contributed by atoms with E-state index in [9.17, 15) is 9.59 Å². The van der Waals surface area contributed by atoms with Gasteiger partial charge in [-0.15, -0.1) is 0 Å². The molecule has 1 atom stereocenters. The lowest BCUT2D eigenvalue weighted by molar-refractivity contribution is -0.138. The standard InChI is InChI=1S/C22H26N2O4/c1-23(16-21(25)26)18-8-6-13-24(14-12-18)22(27)17-7-5-11-20(15-17)28-19-9-3-2-4-10-19/h2-5,7,9-11,15,18H,6,8,12-14,16H2,1H3,(H,25,26). The fourth-order valence-electron chi connectivity index (χ4n) is 3.56. The Bertz CT molecular complexity index is 809. The average molecular weight is 382 g/mol. The Hall–Kier alpha value is -2.86. The Morgan fingerprint density at radius 3 is 2.57 bits per heavy atom. The molecule has 0 aliphatic carbocycles. The Kier molecular flexibility index (Phi) is 6.66. The predicted molar refractivity (Wildman–Crippen MR) is 107 cm³/mol. The van der Waals surface area contributed by atoms with Crippen LogP contribution in [0.3, 0.4) is 0 Å². The van der Waals surface area contributed by atoms with E-state index in [-0.39, 0.29) is 18.5 Å². The minimum absolute atomic E-state index is 0.0138. The Balaban J connectivity index is 1.64. The van der Waals surface area contributed by atoms with Gasteiger partial charge >= 0.3 is 5.97 Å². The van der Waals surface area contributed by atoms with Gasteiger partial charge in [-0.3, -0.25) is 14.5 Å². The number of benzene rings is 2. The molecule has 6 heteroatoms. The third kappa shape index (κ3) is 5.33. The maximum absolute atomic E-state index is 13.0. The molecule has 0 bridgehead atoms. The van der Waals surface area contributed by atoms with Gasteiger partial charge in [0.2, 0.25) is 0 Å². The molecule has 1 saturated heterocycles. The summed E-state index contributed by atoms with van der Waals surface area (Å²) in [6, 6.07) is 16.9. The highest BCUT2D eigenvalue weighted by molar-refractivity contribution is 5.94. The first-order valence-corrected chi connectivity index (χ1v) is 9.57. The highest BCUT2D eigenvalue weighted by Gasteiger charge is 2.24. The van der Waals surface area contributed by atoms with Crippen molar-refractivity contribution in [3.63, 3.8) is 0 Å². The molecule has 2 aromatic carbocycles. The zero-order valence-corrected chi connectivity index (χ0v) is 16.1. The van der Waals surface area contributed by atoms with Gasteiger partial charge in [0, 0.05) is 24.7 Å². The first-order valence-electron chi connectivity index (χ1n) is 9.57. The lowest BCUT2D eigenvalue weighted by Crippen LogP contribution is -2.37. The SMILES string of the molecule is CN(CC(=O)O)C1CCCN(C(=O)c2cccc(Oc3ccccc3)c2)CC1. The molecule has 1 N–H and O–H groups in total. The lowest BCUT2D eigenvalue weighted by atomic mass is 10.1. The Morgan fingerprint density at radius 1 is 1.07 bits per heavy atom. The molecule has 1 aliphatic rings. The second-order valence-electron chi connectivity index (χ2n) is 7.13. The second-order valence-corrected chi connectivity index (χ2v) is 7.13. The number of carboxylic acids is 1. The summed E-state index contributed by atoms with van der Waals surface area (Å²) in [4.78, 5) is 27.6. The van der Waals surface area contributed by atoms with E-state index in [0.29, 0.717) is 24.4 Å². The van der Waals surface area contributed by atoms with Gasteiger partial charge in [0.1, 0.15) is 11.5 Å². The number of aliphatic carboxylic acids is 1. The van der Waals surface area contributed by atoms with Gasteiger partial charge in [-0.25, -0.2) is 0 Å². The normalized spacial score (nSPS) is 17.2. The highest BCUT2D eigenvalue weighted by atomic mass is 16.5. The van der Waals surface area contributed by atoms with Crippen molar-refractivity contribution in [3.8, 4) is 11.5 Å². The minimum atomic E-state index is -0.824. The maximum Gasteiger partial charge on any atom is 0.317 e. The molecule has 1 unspecified atom stereocenters. The minimum Gasteiger partial charge on any atom is -0.480 e. The molecule has 2 aromatic rings. The third-order valence-corrected chi connectivity index (χ3v) is 5.05. The number of ether oxygens (including phenoxy) is 1. The summed E-state index contributed by atoms with van der Waals surface area (Å²) in [7, 11) is 1.83. The molecule has 1 fully saturated rings. The second kappa shape index (κ2) is 9.37. The molecule has 6 nitrogen and oxygen atoms in total. The number of carbonyl (C=O) groups is 2. The van der Waals surface area contributed by atoms with Crippen LogP contribution in [0.4, 0.5) is 0 Å². The van der Waals surface area contributed by atoms with Crippen LogP contribution >= 0.6 is 0 Å². The fourth-order valence-corrected chi connectivity index (χ4v) is 3.56. The summed E-state index contributed by atoms with van der Waals surface area (Å²) in [6.07, 6.45) is 2.53. The summed E-state index contributed by atoms with van der Waals surface area (Å²) < 4.78 is 5.83. The van der Waals surface area contributed by atoms with E-state index in [0.717, 1.165) is 25.0 Å². The summed E-state index contributed by atoms with van der Waals surface area (Å²) in [5.41, 5.74) is 0.603. The maximum atomic E-state index is 13.0. The predicted octanol–water partition coefficient (Wildman–Crippen LogP) is 3.49. The number of hydrogen-bond donors (Lipinski definition) is 1. The number of carboxylic acid groups (broad SMARTS) is 1. The van der Waals surface area contributed by atoms with Crippen LogP contribution in [0.25, 0.3) is 0 Å². The molecule has 1 amide bonds. The Labute approximate surface area is 165 Å². The molecule has 0 aromatic heterocycles. The number of amides is 1. The van der Waals surface area contributed by atoms with Crippen LogP contribution in [-0.2, 0) is 4.79 Å². The van der Waals surface area contributed by atoms with E-state index < -0.39 is 5.97 Å². The zero-order chi connectivity index (χ0) is 19.9. The monoisotopic (exact) mass is 382 g/mol. The van der Waals surface area contributed by atoms with Crippen molar-refractivity contribution in [2.75, 3.05) is 26.7 Å². The molecule has 0 spiro atoms. The Morgan fingerprint density at radius 2 is 1.82 bits per heavy atom. The molecule has 148 valence electrons. The number of carbonyl (C=O) groups excluding carboxylic acids is 1. The van der Waals surface area contributed by atoms with E-state index in [2.05, 4.69) is 0 Å². The molecule has 28 heavy (non-hydrogen) atoms. The average Bonchev–Trinajstić information content (AvgIpc) is 2.94. The molecule has 3 rings (SSSR count). The first kappa shape index (κ1) is 19.9. The van der Waals surface area contributed by atoms with Gasteiger partial charge in [0.05, 0.1) is 6.54 Å². The molecule has 1 heterocycles. The van der Waals surface area contributed by atoms with E-state index in [1.165, 1.54) is 0 Å². The third-order valence-electron chi connectivity index (χ3n) is 5.05. The van der Waals surface area contributed by atoms with Gasteiger partial charge in [-0.05, 0) is 56.6 Å². The topological polar surface area (TPSA) is 70.1 Å². The lowest BCUT2D eigenvalue weighted by Gasteiger charge is -2.25. The van der Waals surface area contributed by atoms with Gasteiger partial charge in [-0.1, -0.05) is 24.3 Å². The zero-order valence-electron chi connectivity index (χ0n) is 16.1. The van der Waals surface area contributed by atoms with E-state index in [1.807, 2.05) is 59.3 Å². The van der Waals surface area contributed by atoms with Crippen molar-refractivity contribution in [3.05, 3.63) is 60.2 Å². The molecular formula is C22H26N2O4. The molecular weight excluding hydrogens is 356 g/mol. The van der Waals surface area contributed by atoms with Gasteiger partial charge in [-0.2, -0.15) is 0 Å². The van der Waals surface area contributed by atoms with Crippen molar-refractivity contribution < 1.29 is 19.4 Å². The summed E-state index contributed by atoms with van der Waals surface area (Å²) in [5.74, 6) is 0.520. The smallest absolute Gasteiger partial charge is 0.317 e. The number of rotatable bonds is 6. The molecule has 0 saturated carbocycles. The largest absolute Gasteiger partial charge is 0.480 e. The van der Waals surface area contributed by atoms with E-state index >= 15 is 0 Å². The number of hydrogen-bond acceptors (Lipinski definition) is 4. The summed E-state index contributed by atoms with van der Waals surface area (Å²) in [5, 5.41) is 8.99. The van der Waals surface area contributed by atoms with Crippen LogP contribution in [0.15, 0.2) is 54.6 Å². The van der Waals surface area contributed by atoms with Crippen LogP contribution in [0.2, 0.25) is 0 Å². The fraction of sp³-hybridized carbons (Fsp3) is 0.364. The quantitative estimate of drug-likeness (QED) is 0.828. The van der Waals surface area contributed by atoms with E-state index in [1.54, 1.807) is 12.1 Å². The number of nitrogens with zero attached hydrogens (tertiary/aromatic N) is 2. The van der Waals surface area contributed by atoms with Crippen molar-refractivity contribution >= 4 is 11.9 Å². The van der Waals surface area contributed by atoms with Gasteiger partial charge in [0.25, 0.3) is 5.91 Å². The van der Waals surface area contributed by atoms with Crippen LogP contribution < -0.4 is 4.74 Å². The van der Waals surface area contributed by atoms with Crippen molar-refractivity contribution in [1.29, 1.82) is 0 Å². The molecule has 1 aliphatic heterocycles. The number of para-hydroxylation sites is 1. The number of likely N-dealkylation sites (tertiary alicyclic amines) is 1. The van der Waals surface area contributed by atoms with Crippen LogP contribution in [0.1, 0.15) is 29.6 Å². The van der Waals surface area contributed by atoms with Crippen molar-refractivity contribution in [2.24, 2.45) is 0 Å². The van der Waals surface area contributed by atoms with Crippen LogP contribution in [0.5, 0.6) is 11.5 Å². The number of likely N-dealkylation sites (N-methyl/N-ethyl adjacent to an activating group) is 1. The summed E-state index contributed by atoms with van der Waals surface area (Å²) in [6.45, 7) is 1.33. The van der Waals surface area contributed by atoms with Gasteiger partial charge in [0.15, 0.2) is 0 Å². The van der Waals surface area contributed by atoms with Crippen LogP contribution in [-0.4, -0.2) is 59.5 Å². The van der Waals surface area contributed by atoms with Crippen molar-refractivity contribution in [1.82, 2.24) is 9.80 Å². The van der Waals surface area contributed by atoms with Crippen molar-refractivity contribution in [2.45, 2.75) is 25.3 Å². The van der Waals surface area contributed by atoms with Gasteiger partial charge < -0.3 is 14.7 Å². The first-order chi connectivity index (χ1) is 13.5. The summed E-state index contributed by atoms with van der Waals surface area (Å²) >= 11 is 0. The molecule has 0 radical (unpaired) electrons. The highest BCUT2D eigenvalue weighted by Crippen LogP contribution is 2.23.